The monoisotopic (exact) mass is 251 g/mol. The summed E-state index contributed by atoms with van der Waals surface area (Å²) in [5.41, 5.74) is 1.90. The Kier molecular flexibility index (Phi) is 4.71. The zero-order valence-electron chi connectivity index (χ0n) is 10.8. The molecule has 1 rings (SSSR count). The van der Waals surface area contributed by atoms with Crippen LogP contribution in [0.3, 0.4) is 0 Å². The summed E-state index contributed by atoms with van der Waals surface area (Å²) >= 11 is 0. The highest BCUT2D eigenvalue weighted by Crippen LogP contribution is 2.22. The van der Waals surface area contributed by atoms with Gasteiger partial charge < -0.3 is 14.7 Å². The second kappa shape index (κ2) is 6.05. The number of rotatable bonds is 5. The topological polar surface area (TPSA) is 66.8 Å². The van der Waals surface area contributed by atoms with E-state index in [0.29, 0.717) is 5.75 Å². The largest absolute Gasteiger partial charge is 0.483 e. The normalized spacial score (nSPS) is 9.94. The van der Waals surface area contributed by atoms with Crippen LogP contribution in [0.5, 0.6) is 5.75 Å². The van der Waals surface area contributed by atoms with Gasteiger partial charge in [-0.05, 0) is 25.0 Å². The average Bonchev–Trinajstić information content (AvgIpc) is 2.27. The van der Waals surface area contributed by atoms with Crippen LogP contribution in [0.1, 0.15) is 11.1 Å². The third kappa shape index (κ3) is 3.76. The van der Waals surface area contributed by atoms with E-state index in [9.17, 15) is 9.59 Å². The minimum atomic E-state index is -1.04. The smallest absolute Gasteiger partial charge is 0.323 e. The van der Waals surface area contributed by atoms with Crippen LogP contribution in [0.2, 0.25) is 0 Å². The van der Waals surface area contributed by atoms with Crippen LogP contribution in [-0.2, 0) is 9.59 Å². The zero-order chi connectivity index (χ0) is 13.7. The molecule has 0 atom stereocenters. The molecule has 1 aromatic carbocycles. The number of carbonyl (C=O) groups excluding carboxylic acids is 1. The van der Waals surface area contributed by atoms with Gasteiger partial charge in [0.25, 0.3) is 5.91 Å². The lowest BCUT2D eigenvalue weighted by Crippen LogP contribution is -2.35. The Morgan fingerprint density at radius 2 is 1.83 bits per heavy atom. The Hall–Kier alpha value is -2.04. The summed E-state index contributed by atoms with van der Waals surface area (Å²) in [6.07, 6.45) is 0. The maximum absolute atomic E-state index is 11.6. The first-order valence-electron chi connectivity index (χ1n) is 5.56. The number of nitrogens with zero attached hydrogens (tertiary/aromatic N) is 1. The number of aliphatic carboxylic acids is 1. The molecule has 0 radical (unpaired) electrons. The summed E-state index contributed by atoms with van der Waals surface area (Å²) in [4.78, 5) is 23.2. The molecule has 0 spiro atoms. The van der Waals surface area contributed by atoms with Crippen LogP contribution in [0, 0.1) is 13.8 Å². The van der Waals surface area contributed by atoms with Crippen LogP contribution in [-0.4, -0.2) is 42.1 Å². The van der Waals surface area contributed by atoms with Crippen molar-refractivity contribution in [1.82, 2.24) is 4.90 Å². The molecule has 98 valence electrons. The number of benzene rings is 1. The van der Waals surface area contributed by atoms with Gasteiger partial charge in [-0.1, -0.05) is 18.2 Å². The summed E-state index contributed by atoms with van der Waals surface area (Å²) in [6, 6.07) is 5.71. The molecule has 0 unspecified atom stereocenters. The Labute approximate surface area is 106 Å². The molecule has 0 fully saturated rings. The van der Waals surface area contributed by atoms with E-state index in [2.05, 4.69) is 0 Å². The molecule has 0 heterocycles. The van der Waals surface area contributed by atoms with Gasteiger partial charge in [-0.25, -0.2) is 0 Å². The van der Waals surface area contributed by atoms with Crippen LogP contribution < -0.4 is 4.74 Å². The van der Waals surface area contributed by atoms with E-state index in [1.54, 1.807) is 0 Å². The van der Waals surface area contributed by atoms with Crippen molar-refractivity contribution in [2.24, 2.45) is 0 Å². The van der Waals surface area contributed by atoms with Gasteiger partial charge in [0.1, 0.15) is 12.3 Å². The lowest BCUT2D eigenvalue weighted by molar-refractivity contribution is -0.144. The van der Waals surface area contributed by atoms with Crippen molar-refractivity contribution < 1.29 is 19.4 Å². The fourth-order valence-electron chi connectivity index (χ4n) is 1.56. The van der Waals surface area contributed by atoms with Gasteiger partial charge in [0, 0.05) is 7.05 Å². The average molecular weight is 251 g/mol. The maximum atomic E-state index is 11.6. The molecule has 0 aliphatic rings. The summed E-state index contributed by atoms with van der Waals surface area (Å²) in [5, 5.41) is 8.57. The molecule has 18 heavy (non-hydrogen) atoms. The Morgan fingerprint density at radius 1 is 1.28 bits per heavy atom. The van der Waals surface area contributed by atoms with Crippen LogP contribution in [0.25, 0.3) is 0 Å². The molecule has 1 aromatic rings. The summed E-state index contributed by atoms with van der Waals surface area (Å²) in [5.74, 6) is -0.729. The maximum Gasteiger partial charge on any atom is 0.323 e. The van der Waals surface area contributed by atoms with Gasteiger partial charge >= 0.3 is 5.97 Å². The van der Waals surface area contributed by atoms with Crippen LogP contribution in [0.4, 0.5) is 0 Å². The molecule has 1 amide bonds. The molecular formula is C13H17NO4. The van der Waals surface area contributed by atoms with Gasteiger partial charge in [-0.2, -0.15) is 0 Å². The molecule has 0 bridgehead atoms. The molecule has 0 aromatic heterocycles. The van der Waals surface area contributed by atoms with E-state index in [0.717, 1.165) is 16.0 Å². The molecule has 0 saturated carbocycles. The fraction of sp³-hybridized carbons (Fsp3) is 0.385. The van der Waals surface area contributed by atoms with Crippen molar-refractivity contribution >= 4 is 11.9 Å². The molecule has 0 saturated heterocycles. The van der Waals surface area contributed by atoms with E-state index in [-0.39, 0.29) is 19.1 Å². The van der Waals surface area contributed by atoms with Crippen molar-refractivity contribution in [2.45, 2.75) is 13.8 Å². The summed E-state index contributed by atoms with van der Waals surface area (Å²) in [7, 11) is 1.44. The first kappa shape index (κ1) is 14.0. The SMILES string of the molecule is Cc1cccc(C)c1OCC(=O)N(C)CC(=O)O. The Bertz CT molecular complexity index is 436. The van der Waals surface area contributed by atoms with Crippen molar-refractivity contribution in [2.75, 3.05) is 20.2 Å². The number of carbonyl (C=O) groups is 2. The number of carboxylic acids is 1. The lowest BCUT2D eigenvalue weighted by atomic mass is 10.1. The quantitative estimate of drug-likeness (QED) is 0.854. The second-order valence-corrected chi connectivity index (χ2v) is 4.15. The molecule has 5 heteroatoms. The Morgan fingerprint density at radius 3 is 2.33 bits per heavy atom. The second-order valence-electron chi connectivity index (χ2n) is 4.15. The van der Waals surface area contributed by atoms with Gasteiger partial charge in [0.05, 0.1) is 0 Å². The number of hydrogen-bond donors (Lipinski definition) is 1. The first-order valence-corrected chi connectivity index (χ1v) is 5.56. The summed E-state index contributed by atoms with van der Waals surface area (Å²) < 4.78 is 5.45. The van der Waals surface area contributed by atoms with Crippen molar-refractivity contribution in [1.29, 1.82) is 0 Å². The minimum absolute atomic E-state index is 0.157. The zero-order valence-corrected chi connectivity index (χ0v) is 10.8. The fourth-order valence-corrected chi connectivity index (χ4v) is 1.56. The van der Waals surface area contributed by atoms with E-state index in [1.165, 1.54) is 7.05 Å². The molecule has 0 aliphatic carbocycles. The third-order valence-electron chi connectivity index (χ3n) is 2.55. The highest BCUT2D eigenvalue weighted by molar-refractivity contribution is 5.82. The van der Waals surface area contributed by atoms with Crippen LogP contribution in [0.15, 0.2) is 18.2 Å². The highest BCUT2D eigenvalue weighted by Gasteiger charge is 2.13. The van der Waals surface area contributed by atoms with Gasteiger partial charge in [0.2, 0.25) is 0 Å². The number of aryl methyl sites for hydroxylation is 2. The number of ether oxygens (including phenoxy) is 1. The van der Waals surface area contributed by atoms with E-state index >= 15 is 0 Å². The van der Waals surface area contributed by atoms with E-state index in [4.69, 9.17) is 9.84 Å². The number of carboxylic acid groups (broad SMARTS) is 1. The minimum Gasteiger partial charge on any atom is -0.483 e. The highest BCUT2D eigenvalue weighted by atomic mass is 16.5. The summed E-state index contributed by atoms with van der Waals surface area (Å²) in [6.45, 7) is 3.31. The molecule has 5 nitrogen and oxygen atoms in total. The number of para-hydroxylation sites is 1. The predicted molar refractivity (Wildman–Crippen MR) is 66.7 cm³/mol. The van der Waals surface area contributed by atoms with Gasteiger partial charge in [-0.15, -0.1) is 0 Å². The van der Waals surface area contributed by atoms with Crippen LogP contribution >= 0.6 is 0 Å². The van der Waals surface area contributed by atoms with E-state index in [1.807, 2.05) is 32.0 Å². The first-order chi connectivity index (χ1) is 8.41. The number of likely N-dealkylation sites (N-methyl/N-ethyl adjacent to an activating group) is 1. The van der Waals surface area contributed by atoms with Crippen molar-refractivity contribution in [3.63, 3.8) is 0 Å². The Balaban J connectivity index is 2.60. The molecule has 0 aliphatic heterocycles. The third-order valence-corrected chi connectivity index (χ3v) is 2.55. The molecule has 1 N–H and O–H groups in total. The van der Waals surface area contributed by atoms with Crippen molar-refractivity contribution in [3.8, 4) is 5.75 Å². The van der Waals surface area contributed by atoms with Crippen molar-refractivity contribution in [3.05, 3.63) is 29.3 Å². The predicted octanol–water partition coefficient (Wildman–Crippen LogP) is 1.23. The number of amides is 1. The lowest BCUT2D eigenvalue weighted by Gasteiger charge is -2.16. The standard InChI is InChI=1S/C13H17NO4/c1-9-5-4-6-10(2)13(9)18-8-11(15)14(3)7-12(16)17/h4-6H,7-8H2,1-3H3,(H,16,17). The molecular weight excluding hydrogens is 234 g/mol. The van der Waals surface area contributed by atoms with E-state index < -0.39 is 5.97 Å². The van der Waals surface area contributed by atoms with Gasteiger partial charge in [0.15, 0.2) is 6.61 Å². The number of hydrogen-bond acceptors (Lipinski definition) is 3. The van der Waals surface area contributed by atoms with Gasteiger partial charge in [-0.3, -0.25) is 9.59 Å².